The molecule has 1 aromatic heterocycles. The number of nitrogens with zero attached hydrogens (tertiary/aromatic N) is 3. The Balaban J connectivity index is 2.10. The lowest BCUT2D eigenvalue weighted by Gasteiger charge is -2.36. The number of unbranched alkanes of at least 4 members (excludes halogenated alkanes) is 1. The van der Waals surface area contributed by atoms with Crippen LogP contribution in [0, 0.1) is 0 Å². The van der Waals surface area contributed by atoms with Gasteiger partial charge in [0.2, 0.25) is 5.91 Å². The molecular formula is C20H32BrN4O7PS. The van der Waals surface area contributed by atoms with E-state index >= 15 is 0 Å². The molecule has 2 heterocycles. The van der Waals surface area contributed by atoms with Crippen LogP contribution in [-0.2, 0) is 23.1 Å². The SMILES string of the molecule is CCCCOC(=O)N1CCN(C(=O)[C@H](CP(=O)(OCC)OCC)NC(=O)c2csc(Br)n2)CC1. The van der Waals surface area contributed by atoms with Crippen molar-refractivity contribution >= 4 is 52.8 Å². The number of carbonyl (C=O) groups is 3. The summed E-state index contributed by atoms with van der Waals surface area (Å²) in [5, 5.41) is 4.19. The molecule has 192 valence electrons. The van der Waals surface area contributed by atoms with Crippen molar-refractivity contribution in [3.05, 3.63) is 15.0 Å². The lowest BCUT2D eigenvalue weighted by Crippen LogP contribution is -2.56. The van der Waals surface area contributed by atoms with Crippen molar-refractivity contribution in [1.29, 1.82) is 0 Å². The number of hydrogen-bond donors (Lipinski definition) is 1. The highest BCUT2D eigenvalue weighted by molar-refractivity contribution is 9.11. The van der Waals surface area contributed by atoms with Crippen LogP contribution < -0.4 is 5.32 Å². The van der Waals surface area contributed by atoms with Gasteiger partial charge in [0.05, 0.1) is 26.0 Å². The van der Waals surface area contributed by atoms with E-state index in [1.54, 1.807) is 24.1 Å². The van der Waals surface area contributed by atoms with Gasteiger partial charge in [0.1, 0.15) is 11.7 Å². The number of halogens is 1. The average molecular weight is 583 g/mol. The Kier molecular flexibility index (Phi) is 11.9. The number of amides is 3. The van der Waals surface area contributed by atoms with Gasteiger partial charge in [-0.2, -0.15) is 0 Å². The van der Waals surface area contributed by atoms with E-state index in [0.29, 0.717) is 23.6 Å². The summed E-state index contributed by atoms with van der Waals surface area (Å²) in [5.74, 6) is -1.00. The van der Waals surface area contributed by atoms with Crippen LogP contribution in [0.4, 0.5) is 4.79 Å². The predicted molar refractivity (Wildman–Crippen MR) is 131 cm³/mol. The maximum atomic E-state index is 13.4. The lowest BCUT2D eigenvalue weighted by atomic mass is 10.2. The summed E-state index contributed by atoms with van der Waals surface area (Å²) in [6.07, 6.45) is 0.996. The van der Waals surface area contributed by atoms with Gasteiger partial charge in [0.15, 0.2) is 3.92 Å². The van der Waals surface area contributed by atoms with Crippen LogP contribution in [0.1, 0.15) is 44.1 Å². The van der Waals surface area contributed by atoms with Gasteiger partial charge >= 0.3 is 13.7 Å². The second kappa shape index (κ2) is 14.1. The molecule has 1 atom stereocenters. The molecule has 1 saturated heterocycles. The van der Waals surface area contributed by atoms with Crippen LogP contribution in [0.25, 0.3) is 0 Å². The Labute approximate surface area is 212 Å². The van der Waals surface area contributed by atoms with Crippen LogP contribution >= 0.6 is 34.9 Å². The van der Waals surface area contributed by atoms with E-state index < -0.39 is 31.5 Å². The average Bonchev–Trinajstić information content (AvgIpc) is 3.25. The molecule has 1 fully saturated rings. The van der Waals surface area contributed by atoms with Crippen molar-refractivity contribution in [2.24, 2.45) is 0 Å². The van der Waals surface area contributed by atoms with Crippen molar-refractivity contribution in [1.82, 2.24) is 20.1 Å². The fourth-order valence-electron chi connectivity index (χ4n) is 3.26. The van der Waals surface area contributed by atoms with Crippen LogP contribution in [0.3, 0.4) is 0 Å². The zero-order valence-electron chi connectivity index (χ0n) is 19.7. The number of piperazine rings is 1. The quantitative estimate of drug-likeness (QED) is 0.293. The van der Waals surface area contributed by atoms with Crippen molar-refractivity contribution in [2.75, 3.05) is 52.2 Å². The van der Waals surface area contributed by atoms with E-state index in [1.807, 2.05) is 6.92 Å². The molecule has 0 unspecified atom stereocenters. The largest absolute Gasteiger partial charge is 0.449 e. The highest BCUT2D eigenvalue weighted by Crippen LogP contribution is 2.48. The topological polar surface area (TPSA) is 127 Å². The molecule has 1 aromatic rings. The molecule has 2 rings (SSSR count). The summed E-state index contributed by atoms with van der Waals surface area (Å²) in [7, 11) is -3.64. The summed E-state index contributed by atoms with van der Waals surface area (Å²) in [6.45, 7) is 7.08. The molecule has 0 aromatic carbocycles. The van der Waals surface area contributed by atoms with E-state index in [4.69, 9.17) is 13.8 Å². The molecule has 11 nitrogen and oxygen atoms in total. The van der Waals surface area contributed by atoms with E-state index in [1.165, 1.54) is 16.2 Å². The van der Waals surface area contributed by atoms with Crippen LogP contribution in [0.15, 0.2) is 9.30 Å². The van der Waals surface area contributed by atoms with Gasteiger partial charge in [-0.05, 0) is 36.2 Å². The van der Waals surface area contributed by atoms with Gasteiger partial charge in [0, 0.05) is 31.6 Å². The molecule has 1 N–H and O–H groups in total. The number of aromatic nitrogens is 1. The minimum Gasteiger partial charge on any atom is -0.449 e. The third-order valence-corrected chi connectivity index (χ3v) is 8.42. The van der Waals surface area contributed by atoms with Crippen LogP contribution in [0.2, 0.25) is 0 Å². The molecule has 3 amide bonds. The number of carbonyl (C=O) groups excluding carboxylic acids is 3. The van der Waals surface area contributed by atoms with Crippen LogP contribution in [0.5, 0.6) is 0 Å². The molecule has 0 aliphatic carbocycles. The standard InChI is InChI=1S/C20H32BrN4O7PS/c1-4-7-12-30-20(28)25-10-8-24(9-11-25)18(27)15(13-33(29,31-5-2)32-6-3)22-17(26)16-14-34-19(21)23-16/h14-15H,4-13H2,1-3H3,(H,22,26)/t15-/m0/s1. The Morgan fingerprint density at radius 3 is 2.29 bits per heavy atom. The number of rotatable bonds is 12. The van der Waals surface area contributed by atoms with Gasteiger partial charge in [-0.3, -0.25) is 14.2 Å². The number of thiazole rings is 1. The minimum absolute atomic E-state index is 0.129. The number of ether oxygens (including phenoxy) is 1. The Morgan fingerprint density at radius 1 is 1.15 bits per heavy atom. The van der Waals surface area contributed by atoms with Crippen LogP contribution in [-0.4, -0.2) is 90.9 Å². The first-order chi connectivity index (χ1) is 16.2. The zero-order chi connectivity index (χ0) is 25.1. The zero-order valence-corrected chi connectivity index (χ0v) is 23.0. The summed E-state index contributed by atoms with van der Waals surface area (Å²) in [5.41, 5.74) is 0.136. The normalized spacial score (nSPS) is 15.2. The molecule has 34 heavy (non-hydrogen) atoms. The Hall–Kier alpha value is -1.53. The van der Waals surface area contributed by atoms with Gasteiger partial charge in [0.25, 0.3) is 5.91 Å². The smallest absolute Gasteiger partial charge is 0.409 e. The lowest BCUT2D eigenvalue weighted by molar-refractivity contribution is -0.134. The van der Waals surface area contributed by atoms with E-state index in [2.05, 4.69) is 26.2 Å². The fourth-order valence-corrected chi connectivity index (χ4v) is 6.02. The van der Waals surface area contributed by atoms with E-state index in [0.717, 1.165) is 12.8 Å². The third-order valence-electron chi connectivity index (χ3n) is 4.94. The van der Waals surface area contributed by atoms with E-state index in [-0.39, 0.29) is 38.2 Å². The highest BCUT2D eigenvalue weighted by Gasteiger charge is 2.37. The van der Waals surface area contributed by atoms with Gasteiger partial charge in [-0.15, -0.1) is 11.3 Å². The Morgan fingerprint density at radius 2 is 1.76 bits per heavy atom. The number of hydrogen-bond acceptors (Lipinski definition) is 9. The molecule has 0 radical (unpaired) electrons. The second-order valence-electron chi connectivity index (χ2n) is 7.42. The molecule has 0 saturated carbocycles. The number of nitrogens with one attached hydrogen (secondary N) is 1. The summed E-state index contributed by atoms with van der Waals surface area (Å²) >= 11 is 4.44. The van der Waals surface area contributed by atoms with Crippen molar-refractivity contribution in [3.8, 4) is 0 Å². The molecule has 14 heteroatoms. The van der Waals surface area contributed by atoms with Gasteiger partial charge < -0.3 is 28.9 Å². The molecule has 0 bridgehead atoms. The summed E-state index contributed by atoms with van der Waals surface area (Å²) < 4.78 is 29.6. The molecular weight excluding hydrogens is 551 g/mol. The van der Waals surface area contributed by atoms with Gasteiger partial charge in [-0.25, -0.2) is 9.78 Å². The van der Waals surface area contributed by atoms with E-state index in [9.17, 15) is 18.9 Å². The molecule has 1 aliphatic rings. The Bertz CT molecular complexity index is 869. The monoisotopic (exact) mass is 582 g/mol. The summed E-state index contributed by atoms with van der Waals surface area (Å²) in [6, 6.07) is -1.15. The first-order valence-corrected chi connectivity index (χ1v) is 14.6. The molecule has 1 aliphatic heterocycles. The van der Waals surface area contributed by atoms with Crippen molar-refractivity contribution in [3.63, 3.8) is 0 Å². The first kappa shape index (κ1) is 28.7. The van der Waals surface area contributed by atoms with Crippen molar-refractivity contribution in [2.45, 2.75) is 39.7 Å². The minimum atomic E-state index is -3.64. The third kappa shape index (κ3) is 8.60. The highest BCUT2D eigenvalue weighted by atomic mass is 79.9. The first-order valence-electron chi connectivity index (χ1n) is 11.2. The summed E-state index contributed by atoms with van der Waals surface area (Å²) in [4.78, 5) is 45.4. The van der Waals surface area contributed by atoms with Crippen molar-refractivity contribution < 1.29 is 32.7 Å². The second-order valence-corrected chi connectivity index (χ2v) is 11.7. The maximum Gasteiger partial charge on any atom is 0.409 e. The molecule has 0 spiro atoms. The maximum absolute atomic E-state index is 13.4. The predicted octanol–water partition coefficient (Wildman–Crippen LogP) is 3.35. The fraction of sp³-hybridized carbons (Fsp3) is 0.700. The van der Waals surface area contributed by atoms with Gasteiger partial charge in [-0.1, -0.05) is 13.3 Å².